The highest BCUT2D eigenvalue weighted by atomic mass is 19.3. The van der Waals surface area contributed by atoms with E-state index in [4.69, 9.17) is 4.74 Å². The van der Waals surface area contributed by atoms with Gasteiger partial charge in [0.15, 0.2) is 6.10 Å². The maximum absolute atomic E-state index is 13.6. The van der Waals surface area contributed by atoms with E-state index in [1.807, 2.05) is 0 Å². The minimum absolute atomic E-state index is 0.474. The number of esters is 1. The number of rotatable bonds is 3. The van der Waals surface area contributed by atoms with Crippen molar-refractivity contribution in [2.24, 2.45) is 5.41 Å². The van der Waals surface area contributed by atoms with Gasteiger partial charge in [0.05, 0.1) is 12.0 Å². The molecule has 2 atom stereocenters. The van der Waals surface area contributed by atoms with Gasteiger partial charge in [-0.2, -0.15) is 8.78 Å². The summed E-state index contributed by atoms with van der Waals surface area (Å²) in [6.07, 6.45) is -1.27. The first-order chi connectivity index (χ1) is 7.54. The number of carbonyl (C=O) groups excluding carboxylic acids is 1. The molecule has 4 nitrogen and oxygen atoms in total. The second-order valence-corrected chi connectivity index (χ2v) is 5.05. The zero-order chi connectivity index (χ0) is 13.5. The molecule has 0 radical (unpaired) electrons. The summed E-state index contributed by atoms with van der Waals surface area (Å²) in [5.41, 5.74) is -0.829. The number of aliphatic hydroxyl groups is 1. The van der Waals surface area contributed by atoms with Crippen molar-refractivity contribution in [3.8, 4) is 0 Å². The van der Waals surface area contributed by atoms with Gasteiger partial charge in [-0.25, -0.2) is 0 Å². The largest absolute Gasteiger partial charge is 0.453 e. The third-order valence-corrected chi connectivity index (χ3v) is 3.22. The van der Waals surface area contributed by atoms with Crippen molar-refractivity contribution in [2.75, 3.05) is 6.61 Å². The Morgan fingerprint density at radius 1 is 1.59 bits per heavy atom. The molecule has 0 saturated carbocycles. The molecule has 1 saturated heterocycles. The Morgan fingerprint density at radius 3 is 2.47 bits per heavy atom. The Bertz CT molecular complexity index is 313. The molecule has 0 amide bonds. The van der Waals surface area contributed by atoms with Crippen LogP contribution in [0, 0.1) is 5.41 Å². The summed E-state index contributed by atoms with van der Waals surface area (Å²) < 4.78 is 36.5. The number of alkyl halides is 2. The van der Waals surface area contributed by atoms with E-state index in [0.29, 0.717) is 6.42 Å². The normalized spacial score (nSPS) is 32.5. The maximum atomic E-state index is 13.6. The Hall–Kier alpha value is -0.750. The van der Waals surface area contributed by atoms with Crippen LogP contribution in [0.25, 0.3) is 0 Å². The molecule has 100 valence electrons. The van der Waals surface area contributed by atoms with Crippen molar-refractivity contribution in [1.29, 1.82) is 0 Å². The molecule has 0 aliphatic carbocycles. The van der Waals surface area contributed by atoms with Gasteiger partial charge in [-0.05, 0) is 27.2 Å². The Labute approximate surface area is 98.9 Å². The molecular formula is C11H18F2O4. The smallest absolute Gasteiger partial charge is 0.338 e. The van der Waals surface area contributed by atoms with Gasteiger partial charge in [-0.3, -0.25) is 4.79 Å². The SMILES string of the molecule is CCC(C)(C)C(=O)OC1COC(C)(O)C1(F)F. The number of hydrogen-bond donors (Lipinski definition) is 1. The summed E-state index contributed by atoms with van der Waals surface area (Å²) >= 11 is 0. The van der Waals surface area contributed by atoms with Crippen molar-refractivity contribution in [1.82, 2.24) is 0 Å². The number of ether oxygens (including phenoxy) is 2. The van der Waals surface area contributed by atoms with Crippen LogP contribution in [0.4, 0.5) is 8.78 Å². The number of carbonyl (C=O) groups is 1. The number of halogens is 2. The summed E-state index contributed by atoms with van der Waals surface area (Å²) in [6.45, 7) is 5.33. The van der Waals surface area contributed by atoms with E-state index in [9.17, 15) is 18.7 Å². The monoisotopic (exact) mass is 252 g/mol. The van der Waals surface area contributed by atoms with E-state index >= 15 is 0 Å². The fourth-order valence-corrected chi connectivity index (χ4v) is 1.28. The average Bonchev–Trinajstić information content (AvgIpc) is 2.40. The van der Waals surface area contributed by atoms with Crippen molar-refractivity contribution in [3.63, 3.8) is 0 Å². The maximum Gasteiger partial charge on any atom is 0.338 e. The fraction of sp³-hybridized carbons (Fsp3) is 0.909. The molecule has 0 aromatic carbocycles. The fourth-order valence-electron chi connectivity index (χ4n) is 1.28. The lowest BCUT2D eigenvalue weighted by Gasteiger charge is -2.28. The van der Waals surface area contributed by atoms with Crippen LogP contribution in [0.1, 0.15) is 34.1 Å². The molecule has 6 heteroatoms. The third-order valence-electron chi connectivity index (χ3n) is 3.22. The lowest BCUT2D eigenvalue weighted by atomic mass is 9.90. The first-order valence-electron chi connectivity index (χ1n) is 5.50. The van der Waals surface area contributed by atoms with E-state index in [0.717, 1.165) is 6.92 Å². The minimum atomic E-state index is -3.60. The zero-order valence-corrected chi connectivity index (χ0v) is 10.4. The number of hydrogen-bond acceptors (Lipinski definition) is 4. The van der Waals surface area contributed by atoms with Crippen LogP contribution in [0.15, 0.2) is 0 Å². The first kappa shape index (κ1) is 14.3. The van der Waals surface area contributed by atoms with Gasteiger partial charge in [0.1, 0.15) is 0 Å². The summed E-state index contributed by atoms with van der Waals surface area (Å²) in [5, 5.41) is 9.30. The molecule has 1 aliphatic rings. The molecule has 2 unspecified atom stereocenters. The third kappa shape index (κ3) is 2.42. The Kier molecular flexibility index (Phi) is 3.51. The first-order valence-corrected chi connectivity index (χ1v) is 5.50. The molecule has 1 aliphatic heterocycles. The molecule has 1 rings (SSSR count). The quantitative estimate of drug-likeness (QED) is 0.777. The van der Waals surface area contributed by atoms with Gasteiger partial charge >= 0.3 is 11.9 Å². The van der Waals surface area contributed by atoms with Gasteiger partial charge in [-0.15, -0.1) is 0 Å². The van der Waals surface area contributed by atoms with E-state index < -0.39 is 35.8 Å². The summed E-state index contributed by atoms with van der Waals surface area (Å²) in [6, 6.07) is 0. The highest BCUT2D eigenvalue weighted by Crippen LogP contribution is 2.41. The van der Waals surface area contributed by atoms with E-state index in [2.05, 4.69) is 4.74 Å². The van der Waals surface area contributed by atoms with Crippen LogP contribution in [0.3, 0.4) is 0 Å². The predicted molar refractivity (Wildman–Crippen MR) is 55.5 cm³/mol. The van der Waals surface area contributed by atoms with Gasteiger partial charge < -0.3 is 14.6 Å². The molecule has 0 bridgehead atoms. The zero-order valence-electron chi connectivity index (χ0n) is 10.4. The molecule has 1 fully saturated rings. The molecule has 0 aromatic heterocycles. The van der Waals surface area contributed by atoms with Gasteiger partial charge in [-0.1, -0.05) is 6.92 Å². The minimum Gasteiger partial charge on any atom is -0.453 e. The van der Waals surface area contributed by atoms with Crippen LogP contribution in [0.2, 0.25) is 0 Å². The highest BCUT2D eigenvalue weighted by Gasteiger charge is 2.64. The molecule has 0 aromatic rings. The van der Waals surface area contributed by atoms with E-state index in [1.54, 1.807) is 20.8 Å². The Morgan fingerprint density at radius 2 is 2.12 bits per heavy atom. The van der Waals surface area contributed by atoms with E-state index in [-0.39, 0.29) is 0 Å². The standard InChI is InChI=1S/C11H18F2O4/c1-5-9(2,3)8(14)17-7-6-16-10(4,15)11(7,12)13/h7,15H,5-6H2,1-4H3. The van der Waals surface area contributed by atoms with Gasteiger partial charge in [0.25, 0.3) is 0 Å². The van der Waals surface area contributed by atoms with Crippen molar-refractivity contribution in [2.45, 2.75) is 51.9 Å². The van der Waals surface area contributed by atoms with Crippen LogP contribution < -0.4 is 0 Å². The second-order valence-electron chi connectivity index (χ2n) is 5.05. The molecule has 17 heavy (non-hydrogen) atoms. The highest BCUT2D eigenvalue weighted by molar-refractivity contribution is 5.76. The van der Waals surface area contributed by atoms with Crippen LogP contribution >= 0.6 is 0 Å². The van der Waals surface area contributed by atoms with Gasteiger partial charge in [0, 0.05) is 0 Å². The molecule has 0 spiro atoms. The van der Waals surface area contributed by atoms with E-state index in [1.165, 1.54) is 0 Å². The summed E-state index contributed by atoms with van der Waals surface area (Å²) in [5.74, 6) is -6.91. The average molecular weight is 252 g/mol. The molecular weight excluding hydrogens is 234 g/mol. The van der Waals surface area contributed by atoms with Crippen molar-refractivity contribution in [3.05, 3.63) is 0 Å². The topological polar surface area (TPSA) is 55.8 Å². The van der Waals surface area contributed by atoms with Crippen molar-refractivity contribution >= 4 is 5.97 Å². The molecule has 1 N–H and O–H groups in total. The van der Waals surface area contributed by atoms with Crippen molar-refractivity contribution < 1.29 is 28.2 Å². The van der Waals surface area contributed by atoms with Crippen LogP contribution in [-0.2, 0) is 14.3 Å². The predicted octanol–water partition coefficient (Wildman–Crippen LogP) is 1.71. The van der Waals surface area contributed by atoms with Crippen LogP contribution in [-0.4, -0.2) is 35.5 Å². The Balaban J connectivity index is 2.76. The molecule has 1 heterocycles. The van der Waals surface area contributed by atoms with Crippen LogP contribution in [0.5, 0.6) is 0 Å². The van der Waals surface area contributed by atoms with Gasteiger partial charge in [0.2, 0.25) is 5.79 Å². The lowest BCUT2D eigenvalue weighted by Crippen LogP contribution is -2.49. The summed E-state index contributed by atoms with van der Waals surface area (Å²) in [4.78, 5) is 11.7. The lowest BCUT2D eigenvalue weighted by molar-refractivity contribution is -0.271. The second kappa shape index (κ2) is 4.17. The summed E-state index contributed by atoms with van der Waals surface area (Å²) in [7, 11) is 0.